The summed E-state index contributed by atoms with van der Waals surface area (Å²) in [5, 5.41) is 12.2. The van der Waals surface area contributed by atoms with Gasteiger partial charge in [0.25, 0.3) is 5.91 Å². The van der Waals surface area contributed by atoms with Crippen molar-refractivity contribution >= 4 is 11.8 Å². The highest BCUT2D eigenvalue weighted by atomic mass is 16.3. The number of hydrogen-bond acceptors (Lipinski definition) is 3. The smallest absolute Gasteiger partial charge is 0.252 e. The molecule has 0 unspecified atom stereocenters. The molecular formula is C12H14N2O3. The second-order valence-corrected chi connectivity index (χ2v) is 4.28. The van der Waals surface area contributed by atoms with E-state index in [1.165, 1.54) is 0 Å². The van der Waals surface area contributed by atoms with Gasteiger partial charge in [0.1, 0.15) is 5.60 Å². The molecule has 1 saturated carbocycles. The summed E-state index contributed by atoms with van der Waals surface area (Å²) in [4.78, 5) is 22.4. The molecule has 0 aliphatic heterocycles. The summed E-state index contributed by atoms with van der Waals surface area (Å²) in [6.45, 7) is 0.280. The molecule has 0 aromatic heterocycles. The molecule has 0 heterocycles. The fourth-order valence-corrected chi connectivity index (χ4v) is 1.53. The molecule has 17 heavy (non-hydrogen) atoms. The number of hydrogen-bond donors (Lipinski definition) is 3. The highest BCUT2D eigenvalue weighted by molar-refractivity contribution is 5.93. The Balaban J connectivity index is 1.97. The summed E-state index contributed by atoms with van der Waals surface area (Å²) >= 11 is 0. The largest absolute Gasteiger partial charge is 0.380 e. The highest BCUT2D eigenvalue weighted by Crippen LogP contribution is 2.34. The molecule has 2 amide bonds. The number of carbonyl (C=O) groups is 2. The monoisotopic (exact) mass is 234 g/mol. The Morgan fingerprint density at radius 3 is 2.71 bits per heavy atom. The first-order chi connectivity index (χ1) is 8.01. The summed E-state index contributed by atoms with van der Waals surface area (Å²) in [5.41, 5.74) is 5.17. The lowest BCUT2D eigenvalue weighted by Crippen LogP contribution is -2.35. The maximum atomic E-state index is 11.5. The summed E-state index contributed by atoms with van der Waals surface area (Å²) in [6.07, 6.45) is 1.03. The molecule has 0 spiro atoms. The molecule has 0 radical (unpaired) electrons. The van der Waals surface area contributed by atoms with E-state index < -0.39 is 11.5 Å². The van der Waals surface area contributed by atoms with E-state index in [-0.39, 0.29) is 12.5 Å². The number of primary amides is 1. The SMILES string of the molecule is NC(=O)c1cccc(CNC(=O)C2(O)CC2)c1. The van der Waals surface area contributed by atoms with Crippen LogP contribution in [-0.2, 0) is 11.3 Å². The Morgan fingerprint density at radius 1 is 1.41 bits per heavy atom. The van der Waals surface area contributed by atoms with E-state index in [0.29, 0.717) is 18.4 Å². The van der Waals surface area contributed by atoms with Crippen molar-refractivity contribution < 1.29 is 14.7 Å². The van der Waals surface area contributed by atoms with Crippen LogP contribution in [0.15, 0.2) is 24.3 Å². The standard InChI is InChI=1S/C12H14N2O3/c13-10(15)9-3-1-2-8(6-9)7-14-11(16)12(17)4-5-12/h1-3,6,17H,4-5,7H2,(H2,13,15)(H,14,16). The van der Waals surface area contributed by atoms with Gasteiger partial charge in [0, 0.05) is 12.1 Å². The fraction of sp³-hybridized carbons (Fsp3) is 0.333. The summed E-state index contributed by atoms with van der Waals surface area (Å²) in [6, 6.07) is 6.72. The maximum absolute atomic E-state index is 11.5. The number of amides is 2. The van der Waals surface area contributed by atoms with Gasteiger partial charge in [0.05, 0.1) is 0 Å². The van der Waals surface area contributed by atoms with Crippen LogP contribution in [0.25, 0.3) is 0 Å². The average Bonchev–Trinajstić information content (AvgIpc) is 3.06. The molecule has 4 N–H and O–H groups in total. The minimum Gasteiger partial charge on any atom is -0.380 e. The van der Waals surface area contributed by atoms with Crippen LogP contribution in [0.4, 0.5) is 0 Å². The van der Waals surface area contributed by atoms with Gasteiger partial charge in [-0.05, 0) is 30.5 Å². The third-order valence-electron chi connectivity index (χ3n) is 2.81. The van der Waals surface area contributed by atoms with E-state index in [4.69, 9.17) is 5.73 Å². The van der Waals surface area contributed by atoms with Gasteiger partial charge >= 0.3 is 0 Å². The molecule has 2 rings (SSSR count). The zero-order valence-electron chi connectivity index (χ0n) is 9.27. The van der Waals surface area contributed by atoms with Crippen LogP contribution >= 0.6 is 0 Å². The van der Waals surface area contributed by atoms with Crippen LogP contribution in [0.5, 0.6) is 0 Å². The molecule has 1 fully saturated rings. The molecule has 1 aromatic carbocycles. The summed E-state index contributed by atoms with van der Waals surface area (Å²) in [5.74, 6) is -0.860. The van der Waals surface area contributed by atoms with Crippen LogP contribution in [0.2, 0.25) is 0 Å². The van der Waals surface area contributed by atoms with Crippen LogP contribution in [-0.4, -0.2) is 22.5 Å². The van der Waals surface area contributed by atoms with Gasteiger partial charge in [-0.1, -0.05) is 12.1 Å². The molecule has 90 valence electrons. The van der Waals surface area contributed by atoms with Crippen LogP contribution < -0.4 is 11.1 Å². The molecule has 1 aromatic rings. The summed E-state index contributed by atoms with van der Waals surface area (Å²) in [7, 11) is 0. The number of carbonyl (C=O) groups excluding carboxylic acids is 2. The molecule has 1 aliphatic rings. The number of nitrogens with one attached hydrogen (secondary N) is 1. The van der Waals surface area contributed by atoms with Crippen molar-refractivity contribution in [2.75, 3.05) is 0 Å². The van der Waals surface area contributed by atoms with E-state index in [1.54, 1.807) is 24.3 Å². The predicted molar refractivity (Wildman–Crippen MR) is 61.0 cm³/mol. The third-order valence-corrected chi connectivity index (χ3v) is 2.81. The first-order valence-electron chi connectivity index (χ1n) is 5.41. The second-order valence-electron chi connectivity index (χ2n) is 4.28. The minimum atomic E-state index is -1.17. The van der Waals surface area contributed by atoms with Crippen molar-refractivity contribution in [2.24, 2.45) is 5.73 Å². The van der Waals surface area contributed by atoms with Crippen molar-refractivity contribution in [3.05, 3.63) is 35.4 Å². The Bertz CT molecular complexity index is 467. The van der Waals surface area contributed by atoms with Crippen molar-refractivity contribution in [1.29, 1.82) is 0 Å². The van der Waals surface area contributed by atoms with Crippen LogP contribution in [0.1, 0.15) is 28.8 Å². The van der Waals surface area contributed by atoms with Crippen LogP contribution in [0.3, 0.4) is 0 Å². The van der Waals surface area contributed by atoms with E-state index in [0.717, 1.165) is 5.56 Å². The Morgan fingerprint density at radius 2 is 2.12 bits per heavy atom. The van der Waals surface area contributed by atoms with Crippen molar-refractivity contribution in [3.63, 3.8) is 0 Å². The zero-order chi connectivity index (χ0) is 12.5. The zero-order valence-corrected chi connectivity index (χ0v) is 9.27. The Labute approximate surface area is 98.6 Å². The van der Waals surface area contributed by atoms with E-state index >= 15 is 0 Å². The molecule has 0 bridgehead atoms. The topological polar surface area (TPSA) is 92.4 Å². The van der Waals surface area contributed by atoms with Crippen LogP contribution in [0, 0.1) is 0 Å². The van der Waals surface area contributed by atoms with Gasteiger partial charge < -0.3 is 16.2 Å². The second kappa shape index (κ2) is 4.18. The molecule has 0 atom stereocenters. The molecule has 1 aliphatic carbocycles. The summed E-state index contributed by atoms with van der Waals surface area (Å²) < 4.78 is 0. The number of rotatable bonds is 4. The van der Waals surface area contributed by atoms with Gasteiger partial charge in [-0.3, -0.25) is 9.59 Å². The number of aliphatic hydroxyl groups is 1. The maximum Gasteiger partial charge on any atom is 0.252 e. The Kier molecular flexibility index (Phi) is 2.85. The quantitative estimate of drug-likeness (QED) is 0.680. The normalized spacial score (nSPS) is 16.3. The van der Waals surface area contributed by atoms with Gasteiger partial charge in [0.15, 0.2) is 0 Å². The van der Waals surface area contributed by atoms with Crippen molar-refractivity contribution in [1.82, 2.24) is 5.32 Å². The minimum absolute atomic E-state index is 0.280. The third kappa shape index (κ3) is 2.62. The van der Waals surface area contributed by atoms with Gasteiger partial charge in [-0.25, -0.2) is 0 Å². The number of benzene rings is 1. The van der Waals surface area contributed by atoms with E-state index in [1.807, 2.05) is 0 Å². The molecule has 5 nitrogen and oxygen atoms in total. The van der Waals surface area contributed by atoms with E-state index in [2.05, 4.69) is 5.32 Å². The average molecular weight is 234 g/mol. The Hall–Kier alpha value is -1.88. The van der Waals surface area contributed by atoms with Gasteiger partial charge in [-0.15, -0.1) is 0 Å². The molecule has 5 heteroatoms. The van der Waals surface area contributed by atoms with E-state index in [9.17, 15) is 14.7 Å². The lowest BCUT2D eigenvalue weighted by Gasteiger charge is -2.09. The first kappa shape index (κ1) is 11.6. The van der Waals surface area contributed by atoms with Gasteiger partial charge in [0.2, 0.25) is 5.91 Å². The lowest BCUT2D eigenvalue weighted by atomic mass is 10.1. The van der Waals surface area contributed by atoms with Crippen molar-refractivity contribution in [3.8, 4) is 0 Å². The van der Waals surface area contributed by atoms with Crippen molar-refractivity contribution in [2.45, 2.75) is 25.0 Å². The molecule has 0 saturated heterocycles. The predicted octanol–water partition coefficient (Wildman–Crippen LogP) is -0.0734. The van der Waals surface area contributed by atoms with Gasteiger partial charge in [-0.2, -0.15) is 0 Å². The highest BCUT2D eigenvalue weighted by Gasteiger charge is 2.47. The fourth-order valence-electron chi connectivity index (χ4n) is 1.53. The lowest BCUT2D eigenvalue weighted by molar-refractivity contribution is -0.131. The first-order valence-corrected chi connectivity index (χ1v) is 5.41. The molecular weight excluding hydrogens is 220 g/mol. The number of nitrogens with two attached hydrogens (primary N) is 1.